The zero-order valence-electron chi connectivity index (χ0n) is 14.2. The average Bonchev–Trinajstić information content (AvgIpc) is 2.66. The van der Waals surface area contributed by atoms with Crippen LogP contribution >= 0.6 is 0 Å². The van der Waals surface area contributed by atoms with Gasteiger partial charge in [-0.2, -0.15) is 0 Å². The number of aromatic nitrogens is 1. The van der Waals surface area contributed by atoms with Crippen LogP contribution in [0.3, 0.4) is 0 Å². The summed E-state index contributed by atoms with van der Waals surface area (Å²) in [6.45, 7) is 3.19. The van der Waals surface area contributed by atoms with E-state index in [0.717, 1.165) is 23.6 Å². The zero-order chi connectivity index (χ0) is 16.6. The van der Waals surface area contributed by atoms with Crippen molar-refractivity contribution in [1.29, 1.82) is 0 Å². The van der Waals surface area contributed by atoms with E-state index < -0.39 is 0 Å². The van der Waals surface area contributed by atoms with Crippen LogP contribution in [0.1, 0.15) is 26.2 Å². The minimum absolute atomic E-state index is 0.950. The largest absolute Gasteiger partial charge is 0.370 e. The highest BCUT2D eigenvalue weighted by atomic mass is 15.0. The number of hydrogen-bond acceptors (Lipinski definition) is 2. The highest BCUT2D eigenvalue weighted by Crippen LogP contribution is 2.27. The lowest BCUT2D eigenvalue weighted by Gasteiger charge is -2.11. The van der Waals surface area contributed by atoms with Gasteiger partial charge in [-0.15, -0.1) is 0 Å². The average molecular weight is 316 g/mol. The first-order valence-electron chi connectivity index (χ1n) is 8.73. The lowest BCUT2D eigenvalue weighted by molar-refractivity contribution is 0.742. The maximum absolute atomic E-state index is 4.82. The Kier molecular flexibility index (Phi) is 5.62. The highest BCUT2D eigenvalue weighted by Gasteiger charge is 2.06. The van der Waals surface area contributed by atoms with Crippen molar-refractivity contribution in [1.82, 2.24) is 4.98 Å². The van der Waals surface area contributed by atoms with E-state index in [-0.39, 0.29) is 0 Å². The Morgan fingerprint density at radius 3 is 2.08 bits per heavy atom. The van der Waals surface area contributed by atoms with Crippen molar-refractivity contribution in [2.24, 2.45) is 0 Å². The van der Waals surface area contributed by atoms with Crippen molar-refractivity contribution in [3.63, 3.8) is 0 Å². The molecular weight excluding hydrogens is 292 g/mol. The Balaban J connectivity index is 1.93. The molecular formula is C22H24N2. The Morgan fingerprint density at radius 2 is 1.42 bits per heavy atom. The second-order valence-electron chi connectivity index (χ2n) is 5.99. The van der Waals surface area contributed by atoms with Crippen LogP contribution in [0.5, 0.6) is 0 Å². The SMILES string of the molecule is CCCCCNc1cc(-c2ccccc2)cc(-c2ccccc2)n1. The molecule has 0 saturated carbocycles. The van der Waals surface area contributed by atoms with E-state index in [0.29, 0.717) is 0 Å². The van der Waals surface area contributed by atoms with Crippen molar-refractivity contribution in [3.8, 4) is 22.4 Å². The van der Waals surface area contributed by atoms with Gasteiger partial charge in [-0.05, 0) is 29.7 Å². The smallest absolute Gasteiger partial charge is 0.127 e. The molecule has 0 saturated heterocycles. The molecule has 0 bridgehead atoms. The molecule has 0 spiro atoms. The normalized spacial score (nSPS) is 10.5. The molecule has 1 N–H and O–H groups in total. The fraction of sp³-hybridized carbons (Fsp3) is 0.227. The number of anilines is 1. The van der Waals surface area contributed by atoms with Gasteiger partial charge in [0.05, 0.1) is 5.69 Å². The van der Waals surface area contributed by atoms with Gasteiger partial charge in [0.1, 0.15) is 5.82 Å². The van der Waals surface area contributed by atoms with Gasteiger partial charge in [-0.25, -0.2) is 4.98 Å². The molecule has 0 atom stereocenters. The van der Waals surface area contributed by atoms with Gasteiger partial charge < -0.3 is 5.32 Å². The first-order valence-corrected chi connectivity index (χ1v) is 8.73. The number of benzene rings is 2. The highest BCUT2D eigenvalue weighted by molar-refractivity contribution is 5.73. The predicted octanol–water partition coefficient (Wildman–Crippen LogP) is 6.02. The molecule has 3 aromatic rings. The van der Waals surface area contributed by atoms with Crippen LogP contribution in [-0.4, -0.2) is 11.5 Å². The molecule has 0 aliphatic carbocycles. The van der Waals surface area contributed by atoms with Crippen molar-refractivity contribution >= 4 is 5.82 Å². The maximum atomic E-state index is 4.82. The number of unbranched alkanes of at least 4 members (excludes halogenated alkanes) is 2. The molecule has 0 aliphatic rings. The fourth-order valence-electron chi connectivity index (χ4n) is 2.77. The third-order valence-corrected chi connectivity index (χ3v) is 4.09. The first-order chi connectivity index (χ1) is 11.9. The summed E-state index contributed by atoms with van der Waals surface area (Å²) in [5.41, 5.74) is 4.57. The van der Waals surface area contributed by atoms with Crippen LogP contribution < -0.4 is 5.32 Å². The van der Waals surface area contributed by atoms with E-state index in [1.165, 1.54) is 30.4 Å². The topological polar surface area (TPSA) is 24.9 Å². The number of nitrogens with one attached hydrogen (secondary N) is 1. The lowest BCUT2D eigenvalue weighted by Crippen LogP contribution is -2.04. The first kappa shape index (κ1) is 16.3. The molecule has 1 aromatic heterocycles. The zero-order valence-corrected chi connectivity index (χ0v) is 14.2. The Morgan fingerprint density at radius 1 is 0.750 bits per heavy atom. The van der Waals surface area contributed by atoms with Gasteiger partial charge >= 0.3 is 0 Å². The quantitative estimate of drug-likeness (QED) is 0.539. The van der Waals surface area contributed by atoms with Gasteiger partial charge in [0, 0.05) is 12.1 Å². The third-order valence-electron chi connectivity index (χ3n) is 4.09. The Labute approximate surface area is 144 Å². The number of pyridine rings is 1. The van der Waals surface area contributed by atoms with Gasteiger partial charge in [0.15, 0.2) is 0 Å². The summed E-state index contributed by atoms with van der Waals surface area (Å²) in [4.78, 5) is 4.82. The van der Waals surface area contributed by atoms with Crippen LogP contribution in [0.25, 0.3) is 22.4 Å². The van der Waals surface area contributed by atoms with Crippen LogP contribution in [0, 0.1) is 0 Å². The molecule has 1 heterocycles. The lowest BCUT2D eigenvalue weighted by atomic mass is 10.0. The van der Waals surface area contributed by atoms with Crippen molar-refractivity contribution < 1.29 is 0 Å². The standard InChI is InChI=1S/C22H24N2/c1-2-3-10-15-23-22-17-20(18-11-6-4-7-12-18)16-21(24-22)19-13-8-5-9-14-19/h4-9,11-14,16-17H,2-3,10,15H2,1H3,(H,23,24). The monoisotopic (exact) mass is 316 g/mol. The van der Waals surface area contributed by atoms with Gasteiger partial charge in [-0.1, -0.05) is 80.4 Å². The molecule has 2 heteroatoms. The summed E-state index contributed by atoms with van der Waals surface area (Å²) in [7, 11) is 0. The molecule has 0 fully saturated rings. The summed E-state index contributed by atoms with van der Waals surface area (Å²) in [6.07, 6.45) is 3.65. The van der Waals surface area contributed by atoms with Crippen LogP contribution in [0.15, 0.2) is 72.8 Å². The van der Waals surface area contributed by atoms with Crippen LogP contribution in [0.2, 0.25) is 0 Å². The van der Waals surface area contributed by atoms with Crippen molar-refractivity contribution in [3.05, 3.63) is 72.8 Å². The molecule has 3 rings (SSSR count). The maximum Gasteiger partial charge on any atom is 0.127 e. The molecule has 24 heavy (non-hydrogen) atoms. The molecule has 2 nitrogen and oxygen atoms in total. The molecule has 0 radical (unpaired) electrons. The van der Waals surface area contributed by atoms with E-state index in [4.69, 9.17) is 4.98 Å². The van der Waals surface area contributed by atoms with E-state index >= 15 is 0 Å². The van der Waals surface area contributed by atoms with Crippen LogP contribution in [-0.2, 0) is 0 Å². The fourth-order valence-corrected chi connectivity index (χ4v) is 2.77. The van der Waals surface area contributed by atoms with Gasteiger partial charge in [0.2, 0.25) is 0 Å². The van der Waals surface area contributed by atoms with E-state index in [9.17, 15) is 0 Å². The van der Waals surface area contributed by atoms with E-state index in [1.54, 1.807) is 0 Å². The summed E-state index contributed by atoms with van der Waals surface area (Å²) in [5.74, 6) is 0.950. The molecule has 122 valence electrons. The third kappa shape index (κ3) is 4.23. The second kappa shape index (κ2) is 8.30. The van der Waals surface area contributed by atoms with Crippen LogP contribution in [0.4, 0.5) is 5.82 Å². The second-order valence-corrected chi connectivity index (χ2v) is 5.99. The van der Waals surface area contributed by atoms with Crippen molar-refractivity contribution in [2.75, 3.05) is 11.9 Å². The molecule has 0 unspecified atom stereocenters. The van der Waals surface area contributed by atoms with E-state index in [2.05, 4.69) is 72.9 Å². The summed E-state index contributed by atoms with van der Waals surface area (Å²) in [6, 6.07) is 25.2. The molecule has 0 amide bonds. The summed E-state index contributed by atoms with van der Waals surface area (Å²) >= 11 is 0. The Hall–Kier alpha value is -2.61. The molecule has 0 aliphatic heterocycles. The minimum atomic E-state index is 0.950. The number of rotatable bonds is 7. The molecule has 2 aromatic carbocycles. The van der Waals surface area contributed by atoms with E-state index in [1.807, 2.05) is 12.1 Å². The predicted molar refractivity (Wildman–Crippen MR) is 103 cm³/mol. The van der Waals surface area contributed by atoms with Crippen molar-refractivity contribution in [2.45, 2.75) is 26.2 Å². The number of hydrogen-bond donors (Lipinski definition) is 1. The van der Waals surface area contributed by atoms with Gasteiger partial charge in [-0.3, -0.25) is 0 Å². The summed E-state index contributed by atoms with van der Waals surface area (Å²) < 4.78 is 0. The Bertz CT molecular complexity index is 694. The van der Waals surface area contributed by atoms with Gasteiger partial charge in [0.25, 0.3) is 0 Å². The summed E-state index contributed by atoms with van der Waals surface area (Å²) in [5, 5.41) is 3.49. The minimum Gasteiger partial charge on any atom is -0.370 e. The number of nitrogens with zero attached hydrogens (tertiary/aromatic N) is 1.